The minimum Gasteiger partial charge on any atom is -0.496 e. The minimum absolute atomic E-state index is 0.0894. The smallest absolute Gasteiger partial charge is 0.243 e. The number of hydrogen-bond acceptors (Lipinski definition) is 4. The Morgan fingerprint density at radius 2 is 2.11 bits per heavy atom. The molecule has 0 aliphatic rings. The second kappa shape index (κ2) is 6.36. The first kappa shape index (κ1) is 15.9. The van der Waals surface area contributed by atoms with Gasteiger partial charge in [0.15, 0.2) is 0 Å². The molecule has 19 heavy (non-hydrogen) atoms. The summed E-state index contributed by atoms with van der Waals surface area (Å²) < 4.78 is 31.0. The fraction of sp³-hybridized carbons (Fsp3) is 0.364. The van der Waals surface area contributed by atoms with Crippen molar-refractivity contribution in [1.29, 1.82) is 0 Å². The summed E-state index contributed by atoms with van der Waals surface area (Å²) >= 11 is 3.23. The van der Waals surface area contributed by atoms with E-state index in [2.05, 4.69) is 21.2 Å². The highest BCUT2D eigenvalue weighted by atomic mass is 79.9. The Labute approximate surface area is 120 Å². The third-order valence-electron chi connectivity index (χ3n) is 2.48. The van der Waals surface area contributed by atoms with Crippen molar-refractivity contribution in [3.63, 3.8) is 0 Å². The van der Waals surface area contributed by atoms with Crippen LogP contribution in [0, 0.1) is 0 Å². The molecular weight excluding hydrogens is 336 g/mol. The second-order valence-electron chi connectivity index (χ2n) is 3.73. The van der Waals surface area contributed by atoms with E-state index in [4.69, 9.17) is 4.74 Å². The molecule has 0 saturated heterocycles. The number of hydrogen-bond donors (Lipinski definition) is 1. The standard InChI is InChI=1S/C11H15BrN2O4S/c1-13-11(15)7-14(2)19(16,17)8-4-5-10(18-3)9(12)6-8/h4-6H,7H2,1-3H3,(H,13,15). The van der Waals surface area contributed by atoms with Gasteiger partial charge in [-0.15, -0.1) is 0 Å². The molecule has 8 heteroatoms. The van der Waals surface area contributed by atoms with Crippen LogP contribution in [0.25, 0.3) is 0 Å². The lowest BCUT2D eigenvalue weighted by Crippen LogP contribution is -2.36. The van der Waals surface area contributed by atoms with E-state index >= 15 is 0 Å². The van der Waals surface area contributed by atoms with Gasteiger partial charge in [0.1, 0.15) is 5.75 Å². The van der Waals surface area contributed by atoms with Crippen molar-refractivity contribution in [3.8, 4) is 5.75 Å². The molecule has 1 aromatic rings. The van der Waals surface area contributed by atoms with Crippen molar-refractivity contribution in [2.24, 2.45) is 0 Å². The number of amides is 1. The van der Waals surface area contributed by atoms with Crippen molar-refractivity contribution in [2.75, 3.05) is 27.7 Å². The largest absolute Gasteiger partial charge is 0.496 e. The summed E-state index contributed by atoms with van der Waals surface area (Å²) in [5.74, 6) is 0.159. The highest BCUT2D eigenvalue weighted by Crippen LogP contribution is 2.28. The zero-order valence-electron chi connectivity index (χ0n) is 10.8. The number of nitrogens with zero attached hydrogens (tertiary/aromatic N) is 1. The molecule has 1 N–H and O–H groups in total. The van der Waals surface area contributed by atoms with Gasteiger partial charge in [-0.25, -0.2) is 8.42 Å². The molecule has 106 valence electrons. The van der Waals surface area contributed by atoms with Crippen LogP contribution in [0.1, 0.15) is 0 Å². The molecule has 0 fully saturated rings. The van der Waals surface area contributed by atoms with Crippen LogP contribution in [0.3, 0.4) is 0 Å². The number of carbonyl (C=O) groups is 1. The highest BCUT2D eigenvalue weighted by molar-refractivity contribution is 9.10. The number of halogens is 1. The Bertz CT molecular complexity index is 574. The number of methoxy groups -OCH3 is 1. The Hall–Kier alpha value is -1.12. The van der Waals surface area contributed by atoms with Gasteiger partial charge in [0, 0.05) is 14.1 Å². The van der Waals surface area contributed by atoms with Crippen LogP contribution in [0.5, 0.6) is 5.75 Å². The number of likely N-dealkylation sites (N-methyl/N-ethyl adjacent to an activating group) is 2. The van der Waals surface area contributed by atoms with E-state index in [0.29, 0.717) is 10.2 Å². The number of ether oxygens (including phenoxy) is 1. The lowest BCUT2D eigenvalue weighted by Gasteiger charge is -2.16. The van der Waals surface area contributed by atoms with Crippen molar-refractivity contribution in [3.05, 3.63) is 22.7 Å². The van der Waals surface area contributed by atoms with Gasteiger partial charge in [-0.05, 0) is 34.1 Å². The van der Waals surface area contributed by atoms with Crippen LogP contribution in [-0.2, 0) is 14.8 Å². The summed E-state index contributed by atoms with van der Waals surface area (Å²) in [5.41, 5.74) is 0. The van der Waals surface area contributed by atoms with E-state index < -0.39 is 10.0 Å². The van der Waals surface area contributed by atoms with E-state index in [1.54, 1.807) is 6.07 Å². The SMILES string of the molecule is CNC(=O)CN(C)S(=O)(=O)c1ccc(OC)c(Br)c1. The van der Waals surface area contributed by atoms with Crippen LogP contribution in [0.2, 0.25) is 0 Å². The normalized spacial score (nSPS) is 11.4. The van der Waals surface area contributed by atoms with Gasteiger partial charge >= 0.3 is 0 Å². The highest BCUT2D eigenvalue weighted by Gasteiger charge is 2.23. The molecule has 0 unspecified atom stereocenters. The summed E-state index contributed by atoms with van der Waals surface area (Å²) in [6.07, 6.45) is 0. The van der Waals surface area contributed by atoms with Gasteiger partial charge < -0.3 is 10.1 Å². The molecule has 0 aromatic heterocycles. The number of benzene rings is 1. The Morgan fingerprint density at radius 3 is 2.58 bits per heavy atom. The third-order valence-corrected chi connectivity index (χ3v) is 4.90. The molecule has 6 nitrogen and oxygen atoms in total. The molecule has 0 aliphatic heterocycles. The molecule has 0 heterocycles. The van der Waals surface area contributed by atoms with Crippen LogP contribution in [0.4, 0.5) is 0 Å². The summed E-state index contributed by atoms with van der Waals surface area (Å²) in [7, 11) is 0.588. The van der Waals surface area contributed by atoms with Crippen LogP contribution < -0.4 is 10.1 Å². The van der Waals surface area contributed by atoms with Crippen LogP contribution in [0.15, 0.2) is 27.6 Å². The fourth-order valence-corrected chi connectivity index (χ4v) is 3.20. The zero-order valence-corrected chi connectivity index (χ0v) is 13.2. The lowest BCUT2D eigenvalue weighted by atomic mass is 10.3. The zero-order chi connectivity index (χ0) is 14.6. The summed E-state index contributed by atoms with van der Waals surface area (Å²) in [6.45, 7) is -0.234. The fourth-order valence-electron chi connectivity index (χ4n) is 1.35. The van der Waals surface area contributed by atoms with Crippen LogP contribution >= 0.6 is 15.9 Å². The third kappa shape index (κ3) is 3.68. The van der Waals surface area contributed by atoms with E-state index in [1.807, 2.05) is 0 Å². The Morgan fingerprint density at radius 1 is 1.47 bits per heavy atom. The molecule has 0 bridgehead atoms. The molecular formula is C11H15BrN2O4S. The Balaban J connectivity index is 3.06. The summed E-state index contributed by atoms with van der Waals surface area (Å²) in [6, 6.07) is 4.42. The van der Waals surface area contributed by atoms with Crippen molar-refractivity contribution in [2.45, 2.75) is 4.90 Å². The number of nitrogens with one attached hydrogen (secondary N) is 1. The summed E-state index contributed by atoms with van der Waals surface area (Å²) in [5, 5.41) is 2.37. The van der Waals surface area contributed by atoms with Gasteiger partial charge in [-0.2, -0.15) is 4.31 Å². The van der Waals surface area contributed by atoms with Gasteiger partial charge in [-0.1, -0.05) is 0 Å². The first-order valence-corrected chi connectivity index (χ1v) is 7.56. The number of carbonyl (C=O) groups excluding carboxylic acids is 1. The Kier molecular flexibility index (Phi) is 5.33. The van der Waals surface area contributed by atoms with Gasteiger partial charge in [0.05, 0.1) is 23.0 Å². The topological polar surface area (TPSA) is 75.7 Å². The maximum absolute atomic E-state index is 12.2. The van der Waals surface area contributed by atoms with E-state index in [9.17, 15) is 13.2 Å². The van der Waals surface area contributed by atoms with Crippen molar-refractivity contribution >= 4 is 31.9 Å². The average molecular weight is 351 g/mol. The van der Waals surface area contributed by atoms with Gasteiger partial charge in [0.25, 0.3) is 0 Å². The minimum atomic E-state index is -3.70. The second-order valence-corrected chi connectivity index (χ2v) is 6.63. The molecule has 0 radical (unpaired) electrons. The molecule has 1 aromatic carbocycles. The molecule has 1 amide bonds. The monoisotopic (exact) mass is 350 g/mol. The number of rotatable bonds is 5. The molecule has 1 rings (SSSR count). The van der Waals surface area contributed by atoms with E-state index in [-0.39, 0.29) is 17.3 Å². The molecule has 0 spiro atoms. The number of sulfonamides is 1. The van der Waals surface area contributed by atoms with Gasteiger partial charge in [-0.3, -0.25) is 4.79 Å². The maximum atomic E-state index is 12.2. The molecule has 0 aliphatic carbocycles. The van der Waals surface area contributed by atoms with Crippen LogP contribution in [-0.4, -0.2) is 46.4 Å². The first-order chi connectivity index (χ1) is 8.82. The summed E-state index contributed by atoms with van der Waals surface area (Å²) in [4.78, 5) is 11.3. The first-order valence-electron chi connectivity index (χ1n) is 5.33. The predicted octanol–water partition coefficient (Wildman–Crippen LogP) is 0.824. The quantitative estimate of drug-likeness (QED) is 0.853. The van der Waals surface area contributed by atoms with Crippen molar-refractivity contribution in [1.82, 2.24) is 9.62 Å². The van der Waals surface area contributed by atoms with E-state index in [1.165, 1.54) is 33.3 Å². The van der Waals surface area contributed by atoms with E-state index in [0.717, 1.165) is 4.31 Å². The average Bonchev–Trinajstić information content (AvgIpc) is 2.38. The van der Waals surface area contributed by atoms with Crippen molar-refractivity contribution < 1.29 is 17.9 Å². The molecule has 0 atom stereocenters. The molecule has 0 saturated carbocycles. The predicted molar refractivity (Wildman–Crippen MR) is 74.6 cm³/mol. The lowest BCUT2D eigenvalue weighted by molar-refractivity contribution is -0.120. The maximum Gasteiger partial charge on any atom is 0.243 e. The van der Waals surface area contributed by atoms with Gasteiger partial charge in [0.2, 0.25) is 15.9 Å².